The second-order valence-corrected chi connectivity index (χ2v) is 6.73. The Bertz CT molecular complexity index is 802. The second-order valence-electron chi connectivity index (χ2n) is 5.70. The molecule has 0 fully saturated rings. The van der Waals surface area contributed by atoms with Crippen LogP contribution >= 0.6 is 35.3 Å². The zero-order chi connectivity index (χ0) is 17.5. The molecule has 0 unspecified atom stereocenters. The topological polar surface area (TPSA) is 53.7 Å². The number of hydrogen-bond donors (Lipinski definition) is 1. The third-order valence-electron chi connectivity index (χ3n) is 3.89. The van der Waals surface area contributed by atoms with E-state index in [4.69, 9.17) is 4.52 Å². The van der Waals surface area contributed by atoms with E-state index in [0.29, 0.717) is 6.54 Å². The van der Waals surface area contributed by atoms with Crippen molar-refractivity contribution >= 4 is 41.3 Å². The van der Waals surface area contributed by atoms with Crippen LogP contribution in [0.3, 0.4) is 0 Å². The van der Waals surface area contributed by atoms with Gasteiger partial charge in [-0.1, -0.05) is 41.6 Å². The summed E-state index contributed by atoms with van der Waals surface area (Å²) in [6, 6.07) is 16.2. The van der Waals surface area contributed by atoms with Crippen LogP contribution in [0.25, 0.3) is 11.3 Å². The van der Waals surface area contributed by atoms with Gasteiger partial charge in [0.2, 0.25) is 0 Å². The molecule has 1 aromatic carbocycles. The largest absolute Gasteiger partial charge is 0.356 e. The highest BCUT2D eigenvalue weighted by molar-refractivity contribution is 14.0. The van der Waals surface area contributed by atoms with Gasteiger partial charge in [0.05, 0.1) is 6.54 Å². The highest BCUT2D eigenvalue weighted by Crippen LogP contribution is 2.19. The smallest absolute Gasteiger partial charge is 0.193 e. The number of likely N-dealkylation sites (N-methyl/N-ethyl adjacent to an activating group) is 1. The normalized spacial score (nSPS) is 11.1. The van der Waals surface area contributed by atoms with Crippen LogP contribution in [0.4, 0.5) is 0 Å². The first kappa shape index (κ1) is 20.4. The summed E-state index contributed by atoms with van der Waals surface area (Å²) in [5.41, 5.74) is 1.88. The van der Waals surface area contributed by atoms with Crippen LogP contribution < -0.4 is 5.32 Å². The van der Waals surface area contributed by atoms with Crippen LogP contribution in [0.15, 0.2) is 63.4 Å². The molecule has 0 aliphatic carbocycles. The molecule has 0 amide bonds. The van der Waals surface area contributed by atoms with Crippen LogP contribution in [0.5, 0.6) is 0 Å². The predicted molar refractivity (Wildman–Crippen MR) is 118 cm³/mol. The minimum absolute atomic E-state index is 0. The summed E-state index contributed by atoms with van der Waals surface area (Å²) in [4.78, 5) is 7.85. The quantitative estimate of drug-likeness (QED) is 0.324. The second kappa shape index (κ2) is 10.3. The van der Waals surface area contributed by atoms with E-state index in [1.165, 1.54) is 4.88 Å². The van der Waals surface area contributed by atoms with Gasteiger partial charge in [0.1, 0.15) is 5.69 Å². The van der Waals surface area contributed by atoms with Crippen molar-refractivity contribution in [2.45, 2.75) is 13.0 Å². The Hall–Kier alpha value is -1.87. The maximum absolute atomic E-state index is 5.43. The summed E-state index contributed by atoms with van der Waals surface area (Å²) < 4.78 is 5.43. The summed E-state index contributed by atoms with van der Waals surface area (Å²) in [6.07, 6.45) is 1.01. The number of halogens is 1. The highest BCUT2D eigenvalue weighted by Gasteiger charge is 2.09. The van der Waals surface area contributed by atoms with Crippen molar-refractivity contribution in [1.29, 1.82) is 0 Å². The first-order chi connectivity index (χ1) is 12.3. The van der Waals surface area contributed by atoms with Gasteiger partial charge in [-0.25, -0.2) is 0 Å². The standard InChI is InChI=1S/C19H22N4OS.HI/c1-20-19(23(2)11-10-17-9-6-12-25-17)21-14-16-13-18(24-22-16)15-7-4-3-5-8-15;/h3-9,12-13H,10-11,14H2,1-2H3,(H,20,21);1H. The van der Waals surface area contributed by atoms with Crippen molar-refractivity contribution in [3.05, 3.63) is 64.5 Å². The molecule has 2 heterocycles. The summed E-state index contributed by atoms with van der Waals surface area (Å²) in [6.45, 7) is 1.49. The lowest BCUT2D eigenvalue weighted by Crippen LogP contribution is -2.39. The molecule has 3 rings (SSSR count). The molecular weight excluding hydrogens is 459 g/mol. The van der Waals surface area contributed by atoms with Crippen molar-refractivity contribution in [2.75, 3.05) is 20.6 Å². The maximum Gasteiger partial charge on any atom is 0.193 e. The van der Waals surface area contributed by atoms with E-state index in [0.717, 1.165) is 35.9 Å². The summed E-state index contributed by atoms with van der Waals surface area (Å²) >= 11 is 1.79. The maximum atomic E-state index is 5.43. The Morgan fingerprint density at radius 3 is 2.73 bits per heavy atom. The fourth-order valence-corrected chi connectivity index (χ4v) is 3.22. The van der Waals surface area contributed by atoms with Gasteiger partial charge in [-0.3, -0.25) is 4.99 Å². The predicted octanol–water partition coefficient (Wildman–Crippen LogP) is 4.27. The number of nitrogens with zero attached hydrogens (tertiary/aromatic N) is 3. The highest BCUT2D eigenvalue weighted by atomic mass is 127. The lowest BCUT2D eigenvalue weighted by molar-refractivity contribution is 0.420. The minimum Gasteiger partial charge on any atom is -0.356 e. The zero-order valence-electron chi connectivity index (χ0n) is 14.9. The third kappa shape index (κ3) is 5.57. The molecule has 0 radical (unpaired) electrons. The SMILES string of the molecule is CN=C(NCc1cc(-c2ccccc2)on1)N(C)CCc1cccs1.I. The lowest BCUT2D eigenvalue weighted by Gasteiger charge is -2.21. The Kier molecular flexibility index (Phi) is 8.11. The first-order valence-electron chi connectivity index (χ1n) is 8.21. The fourth-order valence-electron chi connectivity index (χ4n) is 2.53. The molecule has 138 valence electrons. The zero-order valence-corrected chi connectivity index (χ0v) is 18.0. The summed E-state index contributed by atoms with van der Waals surface area (Å²) in [7, 11) is 3.84. The fraction of sp³-hybridized carbons (Fsp3) is 0.263. The lowest BCUT2D eigenvalue weighted by atomic mass is 10.2. The average molecular weight is 482 g/mol. The van der Waals surface area contributed by atoms with E-state index >= 15 is 0 Å². The molecule has 0 saturated heterocycles. The molecule has 0 bridgehead atoms. The van der Waals surface area contributed by atoms with E-state index in [2.05, 4.69) is 37.9 Å². The number of hydrogen-bond acceptors (Lipinski definition) is 4. The molecule has 5 nitrogen and oxygen atoms in total. The number of nitrogens with one attached hydrogen (secondary N) is 1. The molecule has 0 aliphatic heterocycles. The Balaban J connectivity index is 0.00000243. The average Bonchev–Trinajstić information content (AvgIpc) is 3.33. The van der Waals surface area contributed by atoms with Crippen LogP contribution in [0.1, 0.15) is 10.6 Å². The van der Waals surface area contributed by atoms with E-state index in [1.807, 2.05) is 43.4 Å². The van der Waals surface area contributed by atoms with Crippen molar-refractivity contribution in [2.24, 2.45) is 4.99 Å². The van der Waals surface area contributed by atoms with Crippen molar-refractivity contribution in [1.82, 2.24) is 15.4 Å². The van der Waals surface area contributed by atoms with Gasteiger partial charge in [-0.05, 0) is 17.9 Å². The Morgan fingerprint density at radius 1 is 1.23 bits per heavy atom. The molecule has 26 heavy (non-hydrogen) atoms. The van der Waals surface area contributed by atoms with Gasteiger partial charge < -0.3 is 14.7 Å². The molecule has 3 aromatic rings. The van der Waals surface area contributed by atoms with Crippen LogP contribution in [-0.4, -0.2) is 36.7 Å². The van der Waals surface area contributed by atoms with E-state index < -0.39 is 0 Å². The van der Waals surface area contributed by atoms with E-state index in [9.17, 15) is 0 Å². The number of thiophene rings is 1. The summed E-state index contributed by atoms with van der Waals surface area (Å²) in [5, 5.41) is 9.58. The molecule has 7 heteroatoms. The molecule has 0 atom stereocenters. The molecule has 0 aliphatic rings. The van der Waals surface area contributed by atoms with Crippen LogP contribution in [0.2, 0.25) is 0 Å². The molecule has 2 aromatic heterocycles. The van der Waals surface area contributed by atoms with Gasteiger partial charge in [0.25, 0.3) is 0 Å². The Morgan fingerprint density at radius 2 is 2.04 bits per heavy atom. The van der Waals surface area contributed by atoms with Crippen LogP contribution in [0, 0.1) is 0 Å². The van der Waals surface area contributed by atoms with Crippen molar-refractivity contribution in [3.8, 4) is 11.3 Å². The number of benzene rings is 1. The van der Waals surface area contributed by atoms with Crippen molar-refractivity contribution in [3.63, 3.8) is 0 Å². The first-order valence-corrected chi connectivity index (χ1v) is 9.09. The van der Waals surface area contributed by atoms with Gasteiger partial charge in [0, 0.05) is 37.1 Å². The molecule has 0 saturated carbocycles. The van der Waals surface area contributed by atoms with Crippen LogP contribution in [-0.2, 0) is 13.0 Å². The number of aliphatic imine (C=N–C) groups is 1. The van der Waals surface area contributed by atoms with Gasteiger partial charge in [-0.2, -0.15) is 0 Å². The molecular formula is C19H23IN4OS. The van der Waals surface area contributed by atoms with Gasteiger partial charge in [0.15, 0.2) is 11.7 Å². The van der Waals surface area contributed by atoms with Gasteiger partial charge >= 0.3 is 0 Å². The monoisotopic (exact) mass is 482 g/mol. The molecule has 0 spiro atoms. The number of rotatable bonds is 6. The van der Waals surface area contributed by atoms with E-state index in [1.54, 1.807) is 18.4 Å². The summed E-state index contributed by atoms with van der Waals surface area (Å²) in [5.74, 6) is 1.62. The van der Waals surface area contributed by atoms with Gasteiger partial charge in [-0.15, -0.1) is 35.3 Å². The minimum atomic E-state index is 0. The Labute approximate surface area is 175 Å². The number of aromatic nitrogens is 1. The molecule has 1 N–H and O–H groups in total. The van der Waals surface area contributed by atoms with E-state index in [-0.39, 0.29) is 24.0 Å². The third-order valence-corrected chi connectivity index (χ3v) is 4.83. The van der Waals surface area contributed by atoms with Crippen molar-refractivity contribution < 1.29 is 4.52 Å². The number of guanidine groups is 1.